The van der Waals surface area contributed by atoms with Gasteiger partial charge in [-0.2, -0.15) is 0 Å². The number of anilines is 1. The lowest BCUT2D eigenvalue weighted by Gasteiger charge is -2.11. The number of sulfonamides is 1. The number of rotatable bonds is 4. The molecule has 0 saturated carbocycles. The van der Waals surface area contributed by atoms with Gasteiger partial charge < -0.3 is 10.8 Å². The number of aliphatic hydroxyl groups is 1. The lowest BCUT2D eigenvalue weighted by Crippen LogP contribution is -2.14. The maximum Gasteiger partial charge on any atom is 0.239 e. The topological polar surface area (TPSA) is 106 Å². The van der Waals surface area contributed by atoms with Crippen LogP contribution in [0.1, 0.15) is 6.92 Å². The second kappa shape index (κ2) is 5.05. The predicted molar refractivity (Wildman–Crippen MR) is 64.6 cm³/mol. The molecule has 0 aliphatic carbocycles. The molecule has 1 rings (SSSR count). The largest absolute Gasteiger partial charge is 0.399 e. The summed E-state index contributed by atoms with van der Waals surface area (Å²) >= 11 is 1.24. The zero-order valence-corrected chi connectivity index (χ0v) is 10.4. The maximum atomic E-state index is 11.3. The Balaban J connectivity index is 3.19. The van der Waals surface area contributed by atoms with E-state index in [9.17, 15) is 8.42 Å². The molecule has 0 aliphatic rings. The van der Waals surface area contributed by atoms with Crippen LogP contribution in [0.5, 0.6) is 0 Å². The van der Waals surface area contributed by atoms with Crippen LogP contribution in [0.15, 0.2) is 28.0 Å². The van der Waals surface area contributed by atoms with Gasteiger partial charge in [0, 0.05) is 15.8 Å². The van der Waals surface area contributed by atoms with Crippen LogP contribution in [-0.2, 0) is 10.0 Å². The van der Waals surface area contributed by atoms with E-state index in [4.69, 9.17) is 16.0 Å². The fourth-order valence-corrected chi connectivity index (χ4v) is 3.07. The molecule has 90 valence electrons. The standard InChI is InChI=1S/C9H14N2O3S2/c1-6(5-12)15-8-3-2-7(10)4-9(8)16(11,13)14/h2-4,6,12H,5,10H2,1H3,(H2,11,13,14). The van der Waals surface area contributed by atoms with Gasteiger partial charge in [0.2, 0.25) is 10.0 Å². The molecule has 0 spiro atoms. The first-order valence-electron chi connectivity index (χ1n) is 4.54. The van der Waals surface area contributed by atoms with Gasteiger partial charge in [-0.3, -0.25) is 0 Å². The number of benzene rings is 1. The summed E-state index contributed by atoms with van der Waals surface area (Å²) in [5, 5.41) is 13.9. The van der Waals surface area contributed by atoms with Crippen LogP contribution in [-0.4, -0.2) is 25.4 Å². The van der Waals surface area contributed by atoms with Crippen molar-refractivity contribution in [2.24, 2.45) is 5.14 Å². The first kappa shape index (κ1) is 13.3. The van der Waals surface area contributed by atoms with Crippen molar-refractivity contribution >= 4 is 27.5 Å². The number of hydrogen-bond acceptors (Lipinski definition) is 5. The van der Waals surface area contributed by atoms with Crippen molar-refractivity contribution in [3.8, 4) is 0 Å². The smallest absolute Gasteiger partial charge is 0.239 e. The number of aliphatic hydroxyl groups excluding tert-OH is 1. The Morgan fingerprint density at radius 3 is 2.62 bits per heavy atom. The van der Waals surface area contributed by atoms with Crippen LogP contribution < -0.4 is 10.9 Å². The van der Waals surface area contributed by atoms with Gasteiger partial charge in [0.1, 0.15) is 0 Å². The molecule has 16 heavy (non-hydrogen) atoms. The molecule has 0 radical (unpaired) electrons. The second-order valence-electron chi connectivity index (χ2n) is 3.36. The Morgan fingerprint density at radius 2 is 2.12 bits per heavy atom. The average Bonchev–Trinajstić information content (AvgIpc) is 2.19. The maximum absolute atomic E-state index is 11.3. The van der Waals surface area contributed by atoms with Crippen LogP contribution in [0.25, 0.3) is 0 Å². The lowest BCUT2D eigenvalue weighted by molar-refractivity contribution is 0.300. The molecule has 1 atom stereocenters. The summed E-state index contributed by atoms with van der Waals surface area (Å²) in [5.41, 5.74) is 5.85. The van der Waals surface area contributed by atoms with E-state index >= 15 is 0 Å². The Kier molecular flexibility index (Phi) is 4.20. The zero-order valence-electron chi connectivity index (χ0n) is 8.75. The molecule has 5 nitrogen and oxygen atoms in total. The molecular weight excluding hydrogens is 248 g/mol. The molecule has 0 amide bonds. The van der Waals surface area contributed by atoms with Crippen molar-refractivity contribution in [1.82, 2.24) is 0 Å². The molecule has 0 heterocycles. The number of hydrogen-bond donors (Lipinski definition) is 3. The van der Waals surface area contributed by atoms with Crippen molar-refractivity contribution in [2.45, 2.75) is 22.0 Å². The molecular formula is C9H14N2O3S2. The number of nitrogen functional groups attached to an aromatic ring is 1. The van der Waals surface area contributed by atoms with E-state index in [1.54, 1.807) is 19.1 Å². The van der Waals surface area contributed by atoms with E-state index in [2.05, 4.69) is 0 Å². The third-order valence-electron chi connectivity index (χ3n) is 1.86. The van der Waals surface area contributed by atoms with Crippen molar-refractivity contribution in [1.29, 1.82) is 0 Å². The Morgan fingerprint density at radius 1 is 1.50 bits per heavy atom. The fourth-order valence-electron chi connectivity index (χ4n) is 1.10. The Bertz CT molecular complexity index is 474. The molecule has 7 heteroatoms. The van der Waals surface area contributed by atoms with Crippen LogP contribution in [0.3, 0.4) is 0 Å². The summed E-state index contributed by atoms with van der Waals surface area (Å²) in [4.78, 5) is 0.496. The highest BCUT2D eigenvalue weighted by atomic mass is 32.2. The molecule has 0 aliphatic heterocycles. The third kappa shape index (κ3) is 3.38. The van der Waals surface area contributed by atoms with Crippen molar-refractivity contribution in [2.75, 3.05) is 12.3 Å². The highest BCUT2D eigenvalue weighted by molar-refractivity contribution is 8.00. The van der Waals surface area contributed by atoms with Gasteiger partial charge in [-0.05, 0) is 18.2 Å². The summed E-state index contributed by atoms with van der Waals surface area (Å²) in [5.74, 6) is 0. The van der Waals surface area contributed by atoms with E-state index in [0.29, 0.717) is 10.6 Å². The molecule has 0 bridgehead atoms. The summed E-state index contributed by atoms with van der Waals surface area (Å²) in [6, 6.07) is 4.51. The molecule has 1 unspecified atom stereocenters. The van der Waals surface area contributed by atoms with Crippen molar-refractivity contribution < 1.29 is 13.5 Å². The normalized spacial score (nSPS) is 13.7. The predicted octanol–water partition coefficient (Wildman–Crippen LogP) is 0.389. The van der Waals surface area contributed by atoms with Gasteiger partial charge in [-0.25, -0.2) is 13.6 Å². The minimum atomic E-state index is -3.79. The van der Waals surface area contributed by atoms with Crippen LogP contribution in [0, 0.1) is 0 Å². The summed E-state index contributed by atoms with van der Waals surface area (Å²) in [6.45, 7) is 1.74. The molecule has 0 aromatic heterocycles. The summed E-state index contributed by atoms with van der Waals surface area (Å²) in [6.07, 6.45) is 0. The van der Waals surface area contributed by atoms with Crippen LogP contribution in [0.2, 0.25) is 0 Å². The summed E-state index contributed by atoms with van der Waals surface area (Å²) < 4.78 is 22.6. The summed E-state index contributed by atoms with van der Waals surface area (Å²) in [7, 11) is -3.79. The Labute approximate surface area is 98.9 Å². The van der Waals surface area contributed by atoms with E-state index in [-0.39, 0.29) is 16.8 Å². The highest BCUT2D eigenvalue weighted by Crippen LogP contribution is 2.30. The van der Waals surface area contributed by atoms with Gasteiger partial charge in [-0.1, -0.05) is 6.92 Å². The number of primary sulfonamides is 1. The second-order valence-corrected chi connectivity index (χ2v) is 6.37. The number of nitrogens with two attached hydrogens (primary N) is 2. The monoisotopic (exact) mass is 262 g/mol. The van der Waals surface area contributed by atoms with Crippen molar-refractivity contribution in [3.63, 3.8) is 0 Å². The van der Waals surface area contributed by atoms with Crippen LogP contribution in [0.4, 0.5) is 5.69 Å². The van der Waals surface area contributed by atoms with Gasteiger partial charge in [-0.15, -0.1) is 11.8 Å². The van der Waals surface area contributed by atoms with E-state index in [1.165, 1.54) is 17.8 Å². The lowest BCUT2D eigenvalue weighted by atomic mass is 10.3. The van der Waals surface area contributed by atoms with Gasteiger partial charge in [0.15, 0.2) is 0 Å². The highest BCUT2D eigenvalue weighted by Gasteiger charge is 2.16. The third-order valence-corrected chi connectivity index (χ3v) is 4.10. The molecule has 1 aromatic carbocycles. The first-order chi connectivity index (χ1) is 7.34. The Hall–Kier alpha value is -0.760. The molecule has 0 fully saturated rings. The van der Waals surface area contributed by atoms with E-state index in [0.717, 1.165) is 0 Å². The average molecular weight is 262 g/mol. The minimum absolute atomic E-state index is 0.00204. The van der Waals surface area contributed by atoms with Gasteiger partial charge in [0.25, 0.3) is 0 Å². The van der Waals surface area contributed by atoms with Gasteiger partial charge in [0.05, 0.1) is 11.5 Å². The SMILES string of the molecule is CC(CO)Sc1ccc(N)cc1S(N)(=O)=O. The van der Waals surface area contributed by atoms with E-state index < -0.39 is 10.0 Å². The molecule has 0 saturated heterocycles. The van der Waals surface area contributed by atoms with Crippen LogP contribution >= 0.6 is 11.8 Å². The van der Waals surface area contributed by atoms with E-state index in [1.807, 2.05) is 0 Å². The number of thioether (sulfide) groups is 1. The fraction of sp³-hybridized carbons (Fsp3) is 0.333. The first-order valence-corrected chi connectivity index (χ1v) is 6.97. The van der Waals surface area contributed by atoms with Crippen molar-refractivity contribution in [3.05, 3.63) is 18.2 Å². The van der Waals surface area contributed by atoms with Gasteiger partial charge >= 0.3 is 0 Å². The zero-order chi connectivity index (χ0) is 12.3. The minimum Gasteiger partial charge on any atom is -0.399 e. The quantitative estimate of drug-likeness (QED) is 0.537. The molecule has 5 N–H and O–H groups in total. The molecule has 1 aromatic rings.